The summed E-state index contributed by atoms with van der Waals surface area (Å²) in [6.07, 6.45) is 3.27. The van der Waals surface area contributed by atoms with Gasteiger partial charge in [-0.25, -0.2) is 0 Å². The number of aromatic hydroxyl groups is 1. The fourth-order valence-corrected chi connectivity index (χ4v) is 5.25. The molecule has 4 aromatic rings. The predicted octanol–water partition coefficient (Wildman–Crippen LogP) is 6.71. The molecule has 0 saturated heterocycles. The van der Waals surface area contributed by atoms with Crippen LogP contribution in [0.1, 0.15) is 70.5 Å². The molecule has 0 aliphatic carbocycles. The van der Waals surface area contributed by atoms with Crippen LogP contribution in [0.4, 0.5) is 0 Å². The van der Waals surface area contributed by atoms with E-state index in [1.165, 1.54) is 0 Å². The van der Waals surface area contributed by atoms with Crippen molar-refractivity contribution < 1.29 is 14.6 Å². The van der Waals surface area contributed by atoms with Crippen LogP contribution in [0.2, 0.25) is 0 Å². The van der Waals surface area contributed by atoms with Gasteiger partial charge in [-0.05, 0) is 60.7 Å². The van der Waals surface area contributed by atoms with Crippen molar-refractivity contribution in [2.75, 3.05) is 6.61 Å². The molecule has 0 spiro atoms. The van der Waals surface area contributed by atoms with E-state index >= 15 is 0 Å². The van der Waals surface area contributed by atoms with Gasteiger partial charge >= 0.3 is 0 Å². The molecule has 1 atom stereocenters. The van der Waals surface area contributed by atoms with Gasteiger partial charge in [0.2, 0.25) is 0 Å². The van der Waals surface area contributed by atoms with E-state index in [1.54, 1.807) is 6.07 Å². The monoisotopic (exact) mass is 495 g/mol. The molecule has 2 heterocycles. The summed E-state index contributed by atoms with van der Waals surface area (Å²) in [5.74, 6) is 0.835. The van der Waals surface area contributed by atoms with Crippen LogP contribution in [0.25, 0.3) is 11.3 Å². The number of phenolic OH excluding ortho intramolecular Hbond substituents is 1. The molecular weight excluding hydrogens is 462 g/mol. The molecule has 1 unspecified atom stereocenters. The number of aryl methyl sites for hydroxylation is 2. The van der Waals surface area contributed by atoms with E-state index in [1.807, 2.05) is 79.4 Å². The normalized spacial score (nSPS) is 14.7. The molecule has 5 rings (SSSR count). The number of unbranched alkanes of at least 4 members (excludes halogenated alkanes) is 2. The Hall–Kier alpha value is -4.06. The molecule has 1 aliphatic rings. The van der Waals surface area contributed by atoms with Crippen molar-refractivity contribution >= 4 is 5.91 Å². The van der Waals surface area contributed by atoms with Crippen LogP contribution in [0.15, 0.2) is 66.7 Å². The molecular formula is C31H33N3O3. The molecule has 3 aromatic carbocycles. The first kappa shape index (κ1) is 24.6. The maximum atomic E-state index is 13.7. The number of benzene rings is 3. The largest absolute Gasteiger partial charge is 0.507 e. The second kappa shape index (κ2) is 10.5. The van der Waals surface area contributed by atoms with Gasteiger partial charge in [0.05, 0.1) is 12.6 Å². The third-order valence-corrected chi connectivity index (χ3v) is 6.95. The number of aromatic nitrogens is 2. The Morgan fingerprint density at radius 1 is 1.03 bits per heavy atom. The van der Waals surface area contributed by atoms with Crippen molar-refractivity contribution in [1.82, 2.24) is 15.1 Å². The van der Waals surface area contributed by atoms with Crippen LogP contribution in [0, 0.1) is 13.8 Å². The van der Waals surface area contributed by atoms with E-state index in [0.29, 0.717) is 30.1 Å². The van der Waals surface area contributed by atoms with E-state index in [2.05, 4.69) is 17.1 Å². The van der Waals surface area contributed by atoms with Crippen LogP contribution >= 0.6 is 0 Å². The van der Waals surface area contributed by atoms with Crippen molar-refractivity contribution in [2.45, 2.75) is 52.6 Å². The van der Waals surface area contributed by atoms with Crippen LogP contribution in [-0.4, -0.2) is 32.7 Å². The summed E-state index contributed by atoms with van der Waals surface area (Å²) in [7, 11) is 0. The molecule has 37 heavy (non-hydrogen) atoms. The van der Waals surface area contributed by atoms with Gasteiger partial charge in [-0.3, -0.25) is 9.89 Å². The summed E-state index contributed by atoms with van der Waals surface area (Å²) in [5, 5.41) is 18.5. The molecule has 0 bridgehead atoms. The number of rotatable bonds is 9. The molecule has 0 radical (unpaired) electrons. The predicted molar refractivity (Wildman–Crippen MR) is 145 cm³/mol. The molecule has 6 nitrogen and oxygen atoms in total. The Kier molecular flexibility index (Phi) is 6.99. The molecule has 1 amide bonds. The zero-order valence-corrected chi connectivity index (χ0v) is 21.6. The maximum Gasteiger partial charge on any atom is 0.273 e. The van der Waals surface area contributed by atoms with Crippen molar-refractivity contribution in [2.24, 2.45) is 0 Å². The number of nitrogens with one attached hydrogen (secondary N) is 1. The first-order chi connectivity index (χ1) is 18.0. The number of H-pyrrole nitrogens is 1. The number of hydrogen-bond donors (Lipinski definition) is 2. The Morgan fingerprint density at radius 3 is 2.59 bits per heavy atom. The first-order valence-corrected chi connectivity index (χ1v) is 12.9. The number of amides is 1. The van der Waals surface area contributed by atoms with Gasteiger partial charge in [0, 0.05) is 17.7 Å². The summed E-state index contributed by atoms with van der Waals surface area (Å²) in [4.78, 5) is 15.6. The lowest BCUT2D eigenvalue weighted by atomic mass is 9.93. The summed E-state index contributed by atoms with van der Waals surface area (Å²) >= 11 is 0. The van der Waals surface area contributed by atoms with Crippen LogP contribution in [0.3, 0.4) is 0 Å². The van der Waals surface area contributed by atoms with Gasteiger partial charge in [0.25, 0.3) is 5.91 Å². The van der Waals surface area contributed by atoms with E-state index in [9.17, 15) is 9.90 Å². The molecule has 2 N–H and O–H groups in total. The second-order valence-electron chi connectivity index (χ2n) is 9.79. The number of phenols is 1. The van der Waals surface area contributed by atoms with E-state index in [-0.39, 0.29) is 17.7 Å². The number of aromatic amines is 1. The lowest BCUT2D eigenvalue weighted by molar-refractivity contribution is 0.0730. The minimum absolute atomic E-state index is 0.110. The average molecular weight is 496 g/mol. The molecule has 1 aliphatic heterocycles. The number of ether oxygens (including phenoxy) is 1. The van der Waals surface area contributed by atoms with Crippen molar-refractivity contribution in [1.29, 1.82) is 0 Å². The fraction of sp³-hybridized carbons (Fsp3) is 0.290. The van der Waals surface area contributed by atoms with E-state index in [4.69, 9.17) is 4.74 Å². The van der Waals surface area contributed by atoms with Crippen molar-refractivity contribution in [3.63, 3.8) is 0 Å². The quantitative estimate of drug-likeness (QED) is 0.253. The molecule has 190 valence electrons. The van der Waals surface area contributed by atoms with Crippen molar-refractivity contribution in [3.8, 4) is 22.8 Å². The SMILES string of the molecule is CCCCCOc1cccc(C2c3c(-c4c(C)cc(C)cc4O)n[nH]c3C(=O)N2Cc2ccccc2)c1. The minimum atomic E-state index is -0.379. The molecule has 6 heteroatoms. The zero-order valence-electron chi connectivity index (χ0n) is 21.6. The smallest absolute Gasteiger partial charge is 0.273 e. The van der Waals surface area contributed by atoms with Crippen LogP contribution in [0.5, 0.6) is 11.5 Å². The Bertz CT molecular complexity index is 1390. The highest BCUT2D eigenvalue weighted by atomic mass is 16.5. The lowest BCUT2D eigenvalue weighted by Gasteiger charge is -2.27. The van der Waals surface area contributed by atoms with Gasteiger partial charge in [0.1, 0.15) is 22.9 Å². The van der Waals surface area contributed by atoms with Crippen LogP contribution < -0.4 is 4.74 Å². The number of carbonyl (C=O) groups excluding carboxylic acids is 1. The summed E-state index contributed by atoms with van der Waals surface area (Å²) in [5.41, 5.74) is 6.37. The van der Waals surface area contributed by atoms with E-state index < -0.39 is 0 Å². The lowest BCUT2D eigenvalue weighted by Crippen LogP contribution is -2.29. The minimum Gasteiger partial charge on any atom is -0.507 e. The molecule has 0 saturated carbocycles. The molecule has 0 fully saturated rings. The Balaban J connectivity index is 1.60. The standard InChI is InChI=1S/C31H33N3O3/c1-4-5-9-15-37-24-14-10-13-23(18-24)30-27-28(26-21(3)16-20(2)17-25(26)35)32-33-29(27)31(36)34(30)19-22-11-7-6-8-12-22/h6-8,10-14,16-18,30,35H,4-5,9,15,19H2,1-3H3,(H,32,33). The highest BCUT2D eigenvalue weighted by molar-refractivity contribution is 6.00. The highest BCUT2D eigenvalue weighted by Gasteiger charge is 2.42. The molecule has 1 aromatic heterocycles. The average Bonchev–Trinajstić information content (AvgIpc) is 3.41. The number of carbonyl (C=O) groups is 1. The number of hydrogen-bond acceptors (Lipinski definition) is 4. The summed E-state index contributed by atoms with van der Waals surface area (Å²) in [6, 6.07) is 21.4. The van der Waals surface area contributed by atoms with Gasteiger partial charge in [-0.2, -0.15) is 5.10 Å². The summed E-state index contributed by atoms with van der Waals surface area (Å²) < 4.78 is 6.06. The Labute approximate surface area is 217 Å². The van der Waals surface area contributed by atoms with Gasteiger partial charge < -0.3 is 14.7 Å². The van der Waals surface area contributed by atoms with Gasteiger partial charge in [-0.15, -0.1) is 0 Å². The number of nitrogens with zero attached hydrogens (tertiary/aromatic N) is 2. The van der Waals surface area contributed by atoms with Crippen molar-refractivity contribution in [3.05, 3.63) is 100 Å². The third-order valence-electron chi connectivity index (χ3n) is 6.95. The van der Waals surface area contributed by atoms with E-state index in [0.717, 1.165) is 52.8 Å². The third kappa shape index (κ3) is 4.84. The Morgan fingerprint density at radius 2 is 1.84 bits per heavy atom. The number of fused-ring (bicyclic) bond motifs is 1. The van der Waals surface area contributed by atoms with Gasteiger partial charge in [-0.1, -0.05) is 68.3 Å². The topological polar surface area (TPSA) is 78.5 Å². The zero-order chi connectivity index (χ0) is 25.9. The fourth-order valence-electron chi connectivity index (χ4n) is 5.25. The highest BCUT2D eigenvalue weighted by Crippen LogP contribution is 2.46. The van der Waals surface area contributed by atoms with Crippen LogP contribution in [-0.2, 0) is 6.54 Å². The second-order valence-corrected chi connectivity index (χ2v) is 9.79. The summed E-state index contributed by atoms with van der Waals surface area (Å²) in [6.45, 7) is 7.19. The maximum absolute atomic E-state index is 13.7. The van der Waals surface area contributed by atoms with Gasteiger partial charge in [0.15, 0.2) is 0 Å². The first-order valence-electron chi connectivity index (χ1n) is 12.9.